The number of hydrogen-bond acceptors (Lipinski definition) is 4. The largest absolute Gasteiger partial charge is 0.339 e. The molecule has 2 aromatic heterocycles. The molecule has 0 unspecified atom stereocenters. The van der Waals surface area contributed by atoms with Gasteiger partial charge in [-0.05, 0) is 13.0 Å². The Balaban J connectivity index is 1.86. The number of aryl methyl sites for hydroxylation is 1. The van der Waals surface area contributed by atoms with Crippen LogP contribution >= 0.6 is 11.6 Å². The molecular formula is C13H16ClN5O. The van der Waals surface area contributed by atoms with Crippen LogP contribution in [0.2, 0.25) is 5.02 Å². The van der Waals surface area contributed by atoms with E-state index in [9.17, 15) is 4.79 Å². The molecule has 1 amide bonds. The van der Waals surface area contributed by atoms with E-state index in [0.29, 0.717) is 10.7 Å². The molecule has 0 saturated carbocycles. The maximum absolute atomic E-state index is 12.3. The average Bonchev–Trinajstić information content (AvgIpc) is 2.75. The zero-order valence-corrected chi connectivity index (χ0v) is 12.0. The first-order chi connectivity index (χ1) is 9.65. The molecule has 6 nitrogen and oxygen atoms in total. The average molecular weight is 294 g/mol. The van der Waals surface area contributed by atoms with Crippen LogP contribution in [0.4, 0.5) is 0 Å². The smallest absolute Gasteiger partial charge is 0.242 e. The minimum atomic E-state index is 0.102. The Hall–Kier alpha value is -1.66. The lowest BCUT2D eigenvalue weighted by atomic mass is 10.3. The third-order valence-electron chi connectivity index (χ3n) is 3.51. The lowest BCUT2D eigenvalue weighted by molar-refractivity contribution is -0.132. The Morgan fingerprint density at radius 3 is 2.95 bits per heavy atom. The quantitative estimate of drug-likeness (QED) is 0.891. The zero-order chi connectivity index (χ0) is 14.1. The summed E-state index contributed by atoms with van der Waals surface area (Å²) in [5.74, 6) is 0.879. The second-order valence-corrected chi connectivity index (χ2v) is 5.31. The van der Waals surface area contributed by atoms with Gasteiger partial charge >= 0.3 is 0 Å². The van der Waals surface area contributed by atoms with Gasteiger partial charge in [-0.25, -0.2) is 9.97 Å². The van der Waals surface area contributed by atoms with Gasteiger partial charge in [-0.15, -0.1) is 0 Å². The van der Waals surface area contributed by atoms with Crippen molar-refractivity contribution >= 4 is 28.7 Å². The number of halogens is 1. The number of nitrogens with zero attached hydrogens (tertiary/aromatic N) is 4. The van der Waals surface area contributed by atoms with Crippen molar-refractivity contribution in [3.05, 3.63) is 23.1 Å². The summed E-state index contributed by atoms with van der Waals surface area (Å²) < 4.78 is 1.84. The fourth-order valence-corrected chi connectivity index (χ4v) is 2.59. The van der Waals surface area contributed by atoms with E-state index in [4.69, 9.17) is 11.6 Å². The molecule has 0 aliphatic carbocycles. The van der Waals surface area contributed by atoms with Crippen molar-refractivity contribution < 1.29 is 4.79 Å². The second-order valence-electron chi connectivity index (χ2n) is 4.87. The summed E-state index contributed by atoms with van der Waals surface area (Å²) in [6.07, 6.45) is 1.58. The maximum atomic E-state index is 12.3. The topological polar surface area (TPSA) is 63.1 Å². The Morgan fingerprint density at radius 2 is 2.20 bits per heavy atom. The van der Waals surface area contributed by atoms with Crippen LogP contribution < -0.4 is 5.32 Å². The molecule has 1 aliphatic rings. The summed E-state index contributed by atoms with van der Waals surface area (Å²) in [6.45, 7) is 5.36. The van der Waals surface area contributed by atoms with Crippen LogP contribution in [0.5, 0.6) is 0 Å². The molecule has 3 rings (SSSR count). The molecule has 0 radical (unpaired) electrons. The Bertz CT molecular complexity index is 647. The highest BCUT2D eigenvalue weighted by molar-refractivity contribution is 6.31. The highest BCUT2D eigenvalue weighted by Crippen LogP contribution is 2.18. The van der Waals surface area contributed by atoms with Gasteiger partial charge in [0, 0.05) is 32.4 Å². The second kappa shape index (κ2) is 5.38. The Labute approximate surface area is 121 Å². The summed E-state index contributed by atoms with van der Waals surface area (Å²) in [5, 5.41) is 3.79. The van der Waals surface area contributed by atoms with Crippen molar-refractivity contribution in [2.24, 2.45) is 0 Å². The molecule has 1 fully saturated rings. The predicted octanol–water partition coefficient (Wildman–Crippen LogP) is 0.825. The number of carbonyl (C=O) groups is 1. The number of amides is 1. The molecule has 1 aliphatic heterocycles. The molecule has 3 heterocycles. The normalized spacial score (nSPS) is 15.8. The van der Waals surface area contributed by atoms with E-state index in [1.165, 1.54) is 0 Å². The SMILES string of the molecule is Cc1nc2cc(Cl)cnc2n1CC(=O)N1CCNCC1. The summed E-state index contributed by atoms with van der Waals surface area (Å²) in [5.41, 5.74) is 1.43. The van der Waals surface area contributed by atoms with E-state index in [1.807, 2.05) is 16.4 Å². The molecule has 1 saturated heterocycles. The number of nitrogens with one attached hydrogen (secondary N) is 1. The van der Waals surface area contributed by atoms with Gasteiger partial charge in [-0.1, -0.05) is 11.6 Å². The number of hydrogen-bond donors (Lipinski definition) is 1. The third kappa shape index (κ3) is 2.48. The highest BCUT2D eigenvalue weighted by atomic mass is 35.5. The molecule has 106 valence electrons. The zero-order valence-electron chi connectivity index (χ0n) is 11.3. The van der Waals surface area contributed by atoms with Gasteiger partial charge < -0.3 is 14.8 Å². The lowest BCUT2D eigenvalue weighted by Gasteiger charge is -2.27. The lowest BCUT2D eigenvalue weighted by Crippen LogP contribution is -2.47. The van der Waals surface area contributed by atoms with Crippen molar-refractivity contribution in [2.45, 2.75) is 13.5 Å². The number of carbonyl (C=O) groups excluding carboxylic acids is 1. The molecular weight excluding hydrogens is 278 g/mol. The number of imidazole rings is 1. The Kier molecular flexibility index (Phi) is 3.58. The fraction of sp³-hybridized carbons (Fsp3) is 0.462. The predicted molar refractivity (Wildman–Crippen MR) is 76.7 cm³/mol. The van der Waals surface area contributed by atoms with E-state index < -0.39 is 0 Å². The van der Waals surface area contributed by atoms with Gasteiger partial charge in [0.1, 0.15) is 17.9 Å². The fourth-order valence-electron chi connectivity index (χ4n) is 2.44. The van der Waals surface area contributed by atoms with Crippen LogP contribution in [0.1, 0.15) is 5.82 Å². The van der Waals surface area contributed by atoms with Crippen LogP contribution in [0.3, 0.4) is 0 Å². The third-order valence-corrected chi connectivity index (χ3v) is 3.71. The highest BCUT2D eigenvalue weighted by Gasteiger charge is 2.19. The van der Waals surface area contributed by atoms with Gasteiger partial charge in [-0.2, -0.15) is 0 Å². The van der Waals surface area contributed by atoms with Crippen molar-refractivity contribution in [3.8, 4) is 0 Å². The number of fused-ring (bicyclic) bond motifs is 1. The summed E-state index contributed by atoms with van der Waals surface area (Å²) in [6, 6.07) is 1.77. The summed E-state index contributed by atoms with van der Waals surface area (Å²) in [7, 11) is 0. The number of rotatable bonds is 2. The standard InChI is InChI=1S/C13H16ClN5O/c1-9-17-11-6-10(14)7-16-13(11)19(9)8-12(20)18-4-2-15-3-5-18/h6-7,15H,2-5,8H2,1H3. The summed E-state index contributed by atoms with van der Waals surface area (Å²) >= 11 is 5.91. The minimum Gasteiger partial charge on any atom is -0.339 e. The Morgan fingerprint density at radius 1 is 1.45 bits per heavy atom. The van der Waals surface area contributed by atoms with E-state index in [0.717, 1.165) is 37.5 Å². The van der Waals surface area contributed by atoms with Crippen LogP contribution in [0.15, 0.2) is 12.3 Å². The molecule has 0 aromatic carbocycles. The molecule has 0 bridgehead atoms. The van der Waals surface area contributed by atoms with Crippen LogP contribution in [-0.4, -0.2) is 51.5 Å². The van der Waals surface area contributed by atoms with Crippen LogP contribution in [-0.2, 0) is 11.3 Å². The molecule has 0 atom stereocenters. The minimum absolute atomic E-state index is 0.102. The van der Waals surface area contributed by atoms with Crippen LogP contribution in [0.25, 0.3) is 11.2 Å². The molecule has 1 N–H and O–H groups in total. The number of piperazine rings is 1. The first-order valence-electron chi connectivity index (χ1n) is 6.62. The van der Waals surface area contributed by atoms with Gasteiger partial charge in [-0.3, -0.25) is 4.79 Å². The van der Waals surface area contributed by atoms with E-state index >= 15 is 0 Å². The van der Waals surface area contributed by atoms with Gasteiger partial charge in [0.25, 0.3) is 0 Å². The van der Waals surface area contributed by atoms with E-state index in [1.54, 1.807) is 12.3 Å². The van der Waals surface area contributed by atoms with E-state index in [2.05, 4.69) is 15.3 Å². The van der Waals surface area contributed by atoms with Crippen molar-refractivity contribution in [1.82, 2.24) is 24.8 Å². The molecule has 20 heavy (non-hydrogen) atoms. The summed E-state index contributed by atoms with van der Waals surface area (Å²) in [4.78, 5) is 22.9. The molecule has 7 heteroatoms. The monoisotopic (exact) mass is 293 g/mol. The molecule has 0 spiro atoms. The van der Waals surface area contributed by atoms with E-state index in [-0.39, 0.29) is 12.5 Å². The first-order valence-corrected chi connectivity index (χ1v) is 7.00. The van der Waals surface area contributed by atoms with Crippen molar-refractivity contribution in [2.75, 3.05) is 26.2 Å². The molecule has 2 aromatic rings. The van der Waals surface area contributed by atoms with Crippen LogP contribution in [0, 0.1) is 6.92 Å². The maximum Gasteiger partial charge on any atom is 0.242 e. The first kappa shape index (κ1) is 13.3. The number of pyridine rings is 1. The van der Waals surface area contributed by atoms with Crippen molar-refractivity contribution in [3.63, 3.8) is 0 Å². The van der Waals surface area contributed by atoms with Crippen molar-refractivity contribution in [1.29, 1.82) is 0 Å². The number of aromatic nitrogens is 3. The van der Waals surface area contributed by atoms with Gasteiger partial charge in [0.15, 0.2) is 5.65 Å². The van der Waals surface area contributed by atoms with Gasteiger partial charge in [0.05, 0.1) is 5.02 Å². The van der Waals surface area contributed by atoms with Gasteiger partial charge in [0.2, 0.25) is 5.91 Å².